The molecular formula is C12H22N2O3. The summed E-state index contributed by atoms with van der Waals surface area (Å²) in [7, 11) is 2.12. The number of ether oxygens (including phenoxy) is 1. The molecule has 0 atom stereocenters. The highest BCUT2D eigenvalue weighted by atomic mass is 16.5. The molecule has 0 aromatic rings. The Morgan fingerprint density at radius 3 is 2.18 bits per heavy atom. The van der Waals surface area contributed by atoms with Crippen molar-refractivity contribution < 1.29 is 14.3 Å². The largest absolute Gasteiger partial charge is 0.378 e. The van der Waals surface area contributed by atoms with Gasteiger partial charge >= 0.3 is 0 Å². The van der Waals surface area contributed by atoms with Crippen LogP contribution in [0.25, 0.3) is 0 Å². The third-order valence-corrected chi connectivity index (χ3v) is 3.39. The maximum absolute atomic E-state index is 12.1. The van der Waals surface area contributed by atoms with Crippen molar-refractivity contribution in [2.24, 2.45) is 5.92 Å². The molecule has 2 saturated heterocycles. The number of carbonyl (C=O) groups excluding carboxylic acids is 2. The van der Waals surface area contributed by atoms with E-state index in [1.54, 1.807) is 0 Å². The second-order valence-electron chi connectivity index (χ2n) is 4.52. The Bertz CT molecular complexity index is 234. The minimum atomic E-state index is 0.263. The Balaban J connectivity index is 0.000000686. The lowest BCUT2D eigenvalue weighted by Gasteiger charge is -2.34. The highest BCUT2D eigenvalue weighted by molar-refractivity contribution is 5.79. The van der Waals surface area contributed by atoms with Crippen molar-refractivity contribution >= 4 is 12.7 Å². The van der Waals surface area contributed by atoms with Crippen molar-refractivity contribution in [2.75, 3.05) is 46.4 Å². The average molecular weight is 242 g/mol. The number of hydrogen-bond donors (Lipinski definition) is 0. The molecule has 0 N–H and O–H groups in total. The fourth-order valence-corrected chi connectivity index (χ4v) is 2.30. The van der Waals surface area contributed by atoms with Crippen LogP contribution in [0.5, 0.6) is 0 Å². The molecule has 0 saturated carbocycles. The summed E-state index contributed by atoms with van der Waals surface area (Å²) in [5, 5.41) is 0. The van der Waals surface area contributed by atoms with E-state index < -0.39 is 0 Å². The van der Waals surface area contributed by atoms with Crippen LogP contribution in [0.15, 0.2) is 0 Å². The molecule has 0 aliphatic carbocycles. The van der Waals surface area contributed by atoms with Gasteiger partial charge in [0.05, 0.1) is 13.2 Å². The van der Waals surface area contributed by atoms with Crippen LogP contribution in [0.2, 0.25) is 0 Å². The van der Waals surface area contributed by atoms with Crippen LogP contribution >= 0.6 is 0 Å². The van der Waals surface area contributed by atoms with Crippen LogP contribution in [0, 0.1) is 5.92 Å². The molecular weight excluding hydrogens is 220 g/mol. The molecule has 17 heavy (non-hydrogen) atoms. The first-order chi connectivity index (χ1) is 8.27. The smallest absolute Gasteiger partial charge is 0.225 e. The topological polar surface area (TPSA) is 49.9 Å². The van der Waals surface area contributed by atoms with Gasteiger partial charge < -0.3 is 19.3 Å². The van der Waals surface area contributed by atoms with Gasteiger partial charge in [0.1, 0.15) is 6.79 Å². The van der Waals surface area contributed by atoms with E-state index in [9.17, 15) is 4.79 Å². The molecule has 98 valence electrons. The van der Waals surface area contributed by atoms with Gasteiger partial charge in [-0.1, -0.05) is 0 Å². The first-order valence-electron chi connectivity index (χ1n) is 6.11. The van der Waals surface area contributed by atoms with Crippen molar-refractivity contribution in [3.63, 3.8) is 0 Å². The number of rotatable bonds is 1. The molecule has 0 unspecified atom stereocenters. The summed E-state index contributed by atoms with van der Waals surface area (Å²) in [4.78, 5) is 24.4. The van der Waals surface area contributed by atoms with Crippen molar-refractivity contribution in [1.82, 2.24) is 9.80 Å². The van der Waals surface area contributed by atoms with Gasteiger partial charge in [-0.25, -0.2) is 0 Å². The number of carbonyl (C=O) groups is 2. The van der Waals surface area contributed by atoms with E-state index in [1.807, 2.05) is 11.7 Å². The number of morpholine rings is 1. The van der Waals surface area contributed by atoms with Crippen LogP contribution in [-0.4, -0.2) is 68.9 Å². The quantitative estimate of drug-likeness (QED) is 0.649. The highest BCUT2D eigenvalue weighted by Gasteiger charge is 2.28. The van der Waals surface area contributed by atoms with E-state index in [0.29, 0.717) is 19.1 Å². The van der Waals surface area contributed by atoms with Crippen LogP contribution in [0.3, 0.4) is 0 Å². The van der Waals surface area contributed by atoms with E-state index in [2.05, 4.69) is 11.9 Å². The van der Waals surface area contributed by atoms with Gasteiger partial charge in [-0.15, -0.1) is 0 Å². The van der Waals surface area contributed by atoms with Crippen LogP contribution in [0.4, 0.5) is 0 Å². The van der Waals surface area contributed by atoms with Crippen LogP contribution in [-0.2, 0) is 14.3 Å². The van der Waals surface area contributed by atoms with Gasteiger partial charge in [-0.2, -0.15) is 0 Å². The van der Waals surface area contributed by atoms with E-state index in [1.165, 1.54) is 0 Å². The summed E-state index contributed by atoms with van der Waals surface area (Å²) in [6, 6.07) is 0. The second-order valence-corrected chi connectivity index (χ2v) is 4.52. The molecule has 0 spiro atoms. The fourth-order valence-electron chi connectivity index (χ4n) is 2.30. The molecule has 2 aliphatic rings. The zero-order valence-electron chi connectivity index (χ0n) is 10.6. The summed E-state index contributed by atoms with van der Waals surface area (Å²) in [6.45, 7) is 7.09. The number of hydrogen-bond acceptors (Lipinski definition) is 4. The number of likely N-dealkylation sites (tertiary alicyclic amines) is 1. The maximum atomic E-state index is 12.1. The molecule has 2 heterocycles. The van der Waals surface area contributed by atoms with Crippen molar-refractivity contribution in [3.8, 4) is 0 Å². The zero-order chi connectivity index (χ0) is 12.7. The summed E-state index contributed by atoms with van der Waals surface area (Å²) in [5.41, 5.74) is 0. The van der Waals surface area contributed by atoms with Crippen LogP contribution < -0.4 is 0 Å². The van der Waals surface area contributed by atoms with Crippen molar-refractivity contribution in [1.29, 1.82) is 0 Å². The number of piperidine rings is 1. The van der Waals surface area contributed by atoms with Crippen LogP contribution in [0.1, 0.15) is 12.8 Å². The molecule has 2 aliphatic heterocycles. The molecule has 2 fully saturated rings. The Morgan fingerprint density at radius 1 is 1.12 bits per heavy atom. The number of amides is 1. The average Bonchev–Trinajstić information content (AvgIpc) is 2.42. The molecule has 0 bridgehead atoms. The first kappa shape index (κ1) is 14.1. The Kier molecular flexibility index (Phi) is 6.15. The lowest BCUT2D eigenvalue weighted by Crippen LogP contribution is -2.46. The Hall–Kier alpha value is -0.940. The molecule has 0 aromatic heterocycles. The molecule has 5 nitrogen and oxygen atoms in total. The molecule has 0 radical (unpaired) electrons. The third-order valence-electron chi connectivity index (χ3n) is 3.39. The maximum Gasteiger partial charge on any atom is 0.225 e. The predicted molar refractivity (Wildman–Crippen MR) is 64.7 cm³/mol. The third kappa shape index (κ3) is 4.09. The normalized spacial score (nSPS) is 22.8. The minimum Gasteiger partial charge on any atom is -0.378 e. The molecule has 1 amide bonds. The SMILES string of the molecule is C=O.CN1CCC(C(=O)N2CCOCC2)CC1. The molecule has 5 heteroatoms. The summed E-state index contributed by atoms with van der Waals surface area (Å²) in [6.07, 6.45) is 2.04. The Morgan fingerprint density at radius 2 is 1.65 bits per heavy atom. The summed E-state index contributed by atoms with van der Waals surface area (Å²) < 4.78 is 5.25. The summed E-state index contributed by atoms with van der Waals surface area (Å²) >= 11 is 0. The van der Waals surface area contributed by atoms with Gasteiger partial charge in [0.15, 0.2) is 0 Å². The van der Waals surface area contributed by atoms with Crippen molar-refractivity contribution in [2.45, 2.75) is 12.8 Å². The highest BCUT2D eigenvalue weighted by Crippen LogP contribution is 2.19. The van der Waals surface area contributed by atoms with Gasteiger partial charge in [-0.05, 0) is 33.0 Å². The number of nitrogens with zero attached hydrogens (tertiary/aromatic N) is 2. The zero-order valence-corrected chi connectivity index (χ0v) is 10.6. The molecule has 2 rings (SSSR count). The first-order valence-corrected chi connectivity index (χ1v) is 6.11. The van der Waals surface area contributed by atoms with E-state index >= 15 is 0 Å². The molecule has 0 aromatic carbocycles. The van der Waals surface area contributed by atoms with Gasteiger partial charge in [0.2, 0.25) is 5.91 Å². The minimum absolute atomic E-state index is 0.263. The predicted octanol–water partition coefficient (Wildman–Crippen LogP) is 0.00210. The van der Waals surface area contributed by atoms with E-state index in [0.717, 1.165) is 39.0 Å². The van der Waals surface area contributed by atoms with Gasteiger partial charge in [0.25, 0.3) is 0 Å². The lowest BCUT2D eigenvalue weighted by atomic mass is 9.95. The Labute approximate surface area is 103 Å². The standard InChI is InChI=1S/C11H20N2O2.CH2O/c1-12-4-2-10(3-5-12)11(14)13-6-8-15-9-7-13;1-2/h10H,2-9H2,1H3;1H2. The lowest BCUT2D eigenvalue weighted by molar-refractivity contribution is -0.141. The van der Waals surface area contributed by atoms with Crippen molar-refractivity contribution in [3.05, 3.63) is 0 Å². The van der Waals surface area contributed by atoms with E-state index in [-0.39, 0.29) is 5.92 Å². The fraction of sp³-hybridized carbons (Fsp3) is 0.833. The van der Waals surface area contributed by atoms with E-state index in [4.69, 9.17) is 9.53 Å². The summed E-state index contributed by atoms with van der Waals surface area (Å²) in [5.74, 6) is 0.616. The van der Waals surface area contributed by atoms with Gasteiger partial charge in [-0.3, -0.25) is 4.79 Å². The van der Waals surface area contributed by atoms with Gasteiger partial charge in [0, 0.05) is 19.0 Å². The second kappa shape index (κ2) is 7.40. The monoisotopic (exact) mass is 242 g/mol.